The summed E-state index contributed by atoms with van der Waals surface area (Å²) in [6.45, 7) is 1.18. The van der Waals surface area contributed by atoms with E-state index in [-0.39, 0.29) is 5.41 Å². The summed E-state index contributed by atoms with van der Waals surface area (Å²) in [6.07, 6.45) is 11.0. The summed E-state index contributed by atoms with van der Waals surface area (Å²) in [4.78, 5) is 5.71. The van der Waals surface area contributed by atoms with E-state index < -0.39 is 0 Å². The van der Waals surface area contributed by atoms with Gasteiger partial charge >= 0.3 is 0 Å². The summed E-state index contributed by atoms with van der Waals surface area (Å²) in [6, 6.07) is 13.7. The fourth-order valence-electron chi connectivity index (χ4n) is 5.12. The number of hydrogen-bond donors (Lipinski definition) is 0. The molecule has 1 aliphatic carbocycles. The number of benzene rings is 2. The van der Waals surface area contributed by atoms with Crippen molar-refractivity contribution in [1.29, 1.82) is 0 Å². The van der Waals surface area contributed by atoms with Crippen molar-refractivity contribution in [3.05, 3.63) is 76.5 Å². The maximum Gasteiger partial charge on any atom is 0.0257 e. The molecule has 0 saturated carbocycles. The Kier molecular flexibility index (Phi) is 10.4. The van der Waals surface area contributed by atoms with Crippen molar-refractivity contribution >= 4 is 38.5 Å². The second kappa shape index (κ2) is 13.2. The van der Waals surface area contributed by atoms with Gasteiger partial charge in [0.1, 0.15) is 0 Å². The Hall–Kier alpha value is -1.73. The van der Waals surface area contributed by atoms with Gasteiger partial charge in [-0.3, -0.25) is 0 Å². The van der Waals surface area contributed by atoms with Crippen molar-refractivity contribution in [2.75, 3.05) is 13.1 Å². The molecule has 0 aliphatic heterocycles. The fourth-order valence-corrected chi connectivity index (χ4v) is 5.97. The first-order valence-electron chi connectivity index (χ1n) is 11.7. The molecule has 0 saturated heterocycles. The first-order valence-corrected chi connectivity index (χ1v) is 13.6. The van der Waals surface area contributed by atoms with E-state index in [1.807, 2.05) is 0 Å². The van der Waals surface area contributed by atoms with Crippen LogP contribution in [0.15, 0.2) is 51.1 Å². The van der Waals surface area contributed by atoms with Crippen LogP contribution in [0.4, 0.5) is 0 Å². The molecule has 33 heavy (non-hydrogen) atoms. The van der Waals surface area contributed by atoms with E-state index in [0.29, 0.717) is 13.1 Å². The van der Waals surface area contributed by atoms with Crippen LogP contribution in [0.3, 0.4) is 0 Å². The maximum atomic E-state index is 8.47. The highest BCUT2D eigenvalue weighted by atomic mass is 127. The Morgan fingerprint density at radius 3 is 1.82 bits per heavy atom. The van der Waals surface area contributed by atoms with Crippen LogP contribution < -0.4 is 0 Å². The molecule has 174 valence electrons. The highest BCUT2D eigenvalue weighted by molar-refractivity contribution is 14.1. The Morgan fingerprint density at radius 1 is 0.727 bits per heavy atom. The summed E-state index contributed by atoms with van der Waals surface area (Å²) in [5.41, 5.74) is 22.7. The zero-order valence-corrected chi connectivity index (χ0v) is 22.6. The second-order valence-electron chi connectivity index (χ2n) is 8.70. The molecule has 1 aliphatic rings. The predicted molar refractivity (Wildman–Crippen MR) is 147 cm³/mol. The lowest BCUT2D eigenvalue weighted by atomic mass is 9.70. The molecule has 0 unspecified atom stereocenters. The smallest absolute Gasteiger partial charge is 0.0257 e. The summed E-state index contributed by atoms with van der Waals surface area (Å²) in [5, 5.41) is 7.33. The number of hydrogen-bond acceptors (Lipinski definition) is 2. The summed E-state index contributed by atoms with van der Waals surface area (Å²) in [5.74, 6) is 0. The minimum absolute atomic E-state index is 0.0330. The van der Waals surface area contributed by atoms with E-state index in [1.54, 1.807) is 0 Å². The lowest BCUT2D eigenvalue weighted by molar-refractivity contribution is 0.399. The zero-order chi connectivity index (χ0) is 23.5. The van der Waals surface area contributed by atoms with Gasteiger partial charge in [0.25, 0.3) is 0 Å². The summed E-state index contributed by atoms with van der Waals surface area (Å²) < 4.78 is 2.42. The molecule has 0 N–H and O–H groups in total. The third kappa shape index (κ3) is 6.66. The molecule has 0 atom stereocenters. The number of nitrogens with zero attached hydrogens (tertiary/aromatic N) is 6. The van der Waals surface area contributed by atoms with Crippen LogP contribution in [0, 0.1) is 3.57 Å². The van der Waals surface area contributed by atoms with Gasteiger partial charge in [0, 0.05) is 36.4 Å². The molecule has 8 heteroatoms. The molecule has 2 aromatic carbocycles. The normalized spacial score (nSPS) is 15.9. The topological polar surface area (TPSA) is 97.5 Å². The van der Waals surface area contributed by atoms with Gasteiger partial charge in [-0.1, -0.05) is 76.8 Å². The van der Waals surface area contributed by atoms with Gasteiger partial charge in [0.15, 0.2) is 0 Å². The Balaban J connectivity index is 1.81. The van der Waals surface area contributed by atoms with Crippen molar-refractivity contribution < 1.29 is 0 Å². The molecule has 2 aromatic rings. The monoisotopic (exact) mass is 620 g/mol. The Labute approximate surface area is 218 Å². The number of rotatable bonds is 14. The van der Waals surface area contributed by atoms with Crippen LogP contribution in [0.1, 0.15) is 75.3 Å². The lowest BCUT2D eigenvalue weighted by Crippen LogP contribution is -2.25. The maximum absolute atomic E-state index is 8.47. The van der Waals surface area contributed by atoms with Crippen LogP contribution in [0.5, 0.6) is 0 Å². The minimum atomic E-state index is 0.0330. The zero-order valence-electron chi connectivity index (χ0n) is 18.9. The fraction of sp³-hybridized carbons (Fsp3) is 0.520. The van der Waals surface area contributed by atoms with Crippen LogP contribution >= 0.6 is 38.5 Å². The van der Waals surface area contributed by atoms with E-state index in [1.165, 1.54) is 25.8 Å². The molecule has 0 amide bonds. The van der Waals surface area contributed by atoms with Crippen LogP contribution in [0.25, 0.3) is 32.0 Å². The van der Waals surface area contributed by atoms with E-state index in [9.17, 15) is 0 Å². The standard InChI is InChI=1S/C25H30BrIN6/c26-19-9-11-21-22-12-10-20(27)18-24(22)25(23(21)17-19,13-5-1-3-7-15-30-32-28)14-6-2-4-8-16-31-33-29/h9-12,17-18H,1-8,13-16H2. The van der Waals surface area contributed by atoms with E-state index >= 15 is 0 Å². The molecule has 0 heterocycles. The third-order valence-electron chi connectivity index (χ3n) is 6.63. The highest BCUT2D eigenvalue weighted by Crippen LogP contribution is 2.55. The van der Waals surface area contributed by atoms with Gasteiger partial charge in [-0.2, -0.15) is 0 Å². The average Bonchev–Trinajstić information content (AvgIpc) is 3.06. The number of halogens is 2. The van der Waals surface area contributed by atoms with Gasteiger partial charge in [0.2, 0.25) is 0 Å². The minimum Gasteiger partial charge on any atom is -0.0940 e. The molecule has 3 rings (SSSR count). The third-order valence-corrected chi connectivity index (χ3v) is 7.80. The predicted octanol–water partition coefficient (Wildman–Crippen LogP) is 9.84. The van der Waals surface area contributed by atoms with E-state index in [2.05, 4.69) is 95.0 Å². The number of unbranched alkanes of at least 4 members (excludes halogenated alkanes) is 6. The first-order chi connectivity index (χ1) is 16.1. The largest absolute Gasteiger partial charge is 0.0940 e. The van der Waals surface area contributed by atoms with E-state index in [0.717, 1.165) is 68.7 Å². The summed E-state index contributed by atoms with van der Waals surface area (Å²) >= 11 is 6.16. The van der Waals surface area contributed by atoms with Crippen LogP contribution in [-0.2, 0) is 5.41 Å². The summed E-state index contributed by atoms with van der Waals surface area (Å²) in [7, 11) is 0. The van der Waals surface area contributed by atoms with E-state index in [4.69, 9.17) is 11.1 Å². The molecular weight excluding hydrogens is 591 g/mol. The molecule has 0 bridgehead atoms. The Morgan fingerprint density at radius 2 is 1.24 bits per heavy atom. The van der Waals surface area contributed by atoms with Crippen LogP contribution in [0.2, 0.25) is 0 Å². The molecule has 0 spiro atoms. The molecular formula is C25H30BrIN6. The molecule has 0 aromatic heterocycles. The lowest BCUT2D eigenvalue weighted by Gasteiger charge is -2.33. The van der Waals surface area contributed by atoms with Gasteiger partial charge in [-0.05, 0) is 106 Å². The van der Waals surface area contributed by atoms with Crippen molar-refractivity contribution in [1.82, 2.24) is 0 Å². The number of azide groups is 2. The van der Waals surface area contributed by atoms with Gasteiger partial charge in [-0.15, -0.1) is 0 Å². The molecule has 0 radical (unpaired) electrons. The molecule has 0 fully saturated rings. The first kappa shape index (κ1) is 25.9. The van der Waals surface area contributed by atoms with Gasteiger partial charge in [0.05, 0.1) is 0 Å². The number of fused-ring (bicyclic) bond motifs is 3. The van der Waals surface area contributed by atoms with Crippen molar-refractivity contribution in [3.8, 4) is 11.1 Å². The SMILES string of the molecule is [N-]=[N+]=NCCCCCCC1(CCCCCCN=[N+]=[N-])c2cc(Br)ccc2-c2ccc(I)cc21. The molecule has 6 nitrogen and oxygen atoms in total. The second-order valence-corrected chi connectivity index (χ2v) is 10.9. The van der Waals surface area contributed by atoms with Crippen molar-refractivity contribution in [2.45, 2.75) is 69.6 Å². The van der Waals surface area contributed by atoms with Crippen LogP contribution in [-0.4, -0.2) is 13.1 Å². The van der Waals surface area contributed by atoms with Crippen molar-refractivity contribution in [2.24, 2.45) is 10.2 Å². The van der Waals surface area contributed by atoms with Gasteiger partial charge in [-0.25, -0.2) is 0 Å². The van der Waals surface area contributed by atoms with Gasteiger partial charge < -0.3 is 0 Å². The average molecular weight is 621 g/mol. The quantitative estimate of drug-likeness (QED) is 0.0660. The van der Waals surface area contributed by atoms with Crippen molar-refractivity contribution in [3.63, 3.8) is 0 Å². The highest BCUT2D eigenvalue weighted by Gasteiger charge is 2.42. The Bertz CT molecular complexity index is 960.